The van der Waals surface area contributed by atoms with Crippen LogP contribution in [0.15, 0.2) is 18.3 Å². The smallest absolute Gasteiger partial charge is 0.332 e. The van der Waals surface area contributed by atoms with Crippen LogP contribution in [-0.2, 0) is 9.63 Å². The van der Waals surface area contributed by atoms with E-state index in [4.69, 9.17) is 4.84 Å². The molecule has 5 nitrogen and oxygen atoms in total. The van der Waals surface area contributed by atoms with Crippen LogP contribution in [0, 0.1) is 0 Å². The molecule has 0 radical (unpaired) electrons. The lowest BCUT2D eigenvalue weighted by Crippen LogP contribution is -2.34. The van der Waals surface area contributed by atoms with Crippen LogP contribution in [0.1, 0.15) is 68.9 Å². The fourth-order valence-corrected chi connectivity index (χ4v) is 1.93. The number of carbonyl (C=O) groups excluding carboxylic acids is 2. The Morgan fingerprint density at radius 1 is 1.33 bits per heavy atom. The van der Waals surface area contributed by atoms with E-state index < -0.39 is 0 Å². The number of rotatable bonds is 6. The molecule has 0 atom stereocenters. The standard InChI is InChI=1S/C16H24N2O3/c1-5-7-10-14(19)21-18(6-2)16(20)13-9-8-11-17-15(13)12(3)4/h8-9,11-12H,5-7,10H2,1-4H3. The molecule has 116 valence electrons. The van der Waals surface area contributed by atoms with Crippen molar-refractivity contribution < 1.29 is 14.4 Å². The Balaban J connectivity index is 2.86. The first-order valence-electron chi connectivity index (χ1n) is 7.48. The summed E-state index contributed by atoms with van der Waals surface area (Å²) < 4.78 is 0. The molecule has 0 bridgehead atoms. The summed E-state index contributed by atoms with van der Waals surface area (Å²) >= 11 is 0. The Bertz CT molecular complexity index is 486. The molecule has 0 aliphatic rings. The summed E-state index contributed by atoms with van der Waals surface area (Å²) in [6.45, 7) is 8.03. The largest absolute Gasteiger partial charge is 0.338 e. The monoisotopic (exact) mass is 292 g/mol. The topological polar surface area (TPSA) is 59.5 Å². The maximum atomic E-state index is 12.5. The third-order valence-corrected chi connectivity index (χ3v) is 3.08. The molecule has 0 aliphatic carbocycles. The molecule has 0 spiro atoms. The van der Waals surface area contributed by atoms with Gasteiger partial charge in [0.15, 0.2) is 0 Å². The van der Waals surface area contributed by atoms with Crippen molar-refractivity contribution in [3.8, 4) is 0 Å². The normalized spacial score (nSPS) is 10.5. The average molecular weight is 292 g/mol. The lowest BCUT2D eigenvalue weighted by molar-refractivity contribution is -0.177. The number of amides is 1. The molecule has 0 fully saturated rings. The number of hydrogen-bond acceptors (Lipinski definition) is 4. The lowest BCUT2D eigenvalue weighted by Gasteiger charge is -2.21. The number of aromatic nitrogens is 1. The van der Waals surface area contributed by atoms with Gasteiger partial charge in [-0.3, -0.25) is 9.78 Å². The highest BCUT2D eigenvalue weighted by Gasteiger charge is 2.22. The summed E-state index contributed by atoms with van der Waals surface area (Å²) in [5.41, 5.74) is 1.20. The van der Waals surface area contributed by atoms with Crippen LogP contribution in [0.25, 0.3) is 0 Å². The van der Waals surface area contributed by atoms with Gasteiger partial charge in [-0.15, -0.1) is 0 Å². The minimum absolute atomic E-state index is 0.125. The van der Waals surface area contributed by atoms with Gasteiger partial charge in [0.2, 0.25) is 0 Å². The summed E-state index contributed by atoms with van der Waals surface area (Å²) in [4.78, 5) is 33.6. The molecule has 1 aromatic rings. The molecule has 1 amide bonds. The number of hydrogen-bond donors (Lipinski definition) is 0. The fraction of sp³-hybridized carbons (Fsp3) is 0.562. The second-order valence-electron chi connectivity index (χ2n) is 5.16. The Hall–Kier alpha value is -1.91. The number of carbonyl (C=O) groups is 2. The molecule has 21 heavy (non-hydrogen) atoms. The molecular weight excluding hydrogens is 268 g/mol. The van der Waals surface area contributed by atoms with E-state index in [2.05, 4.69) is 4.98 Å². The second-order valence-corrected chi connectivity index (χ2v) is 5.16. The summed E-state index contributed by atoms with van der Waals surface area (Å²) in [6.07, 6.45) is 3.66. The van der Waals surface area contributed by atoms with Crippen LogP contribution in [0.4, 0.5) is 0 Å². The molecule has 1 heterocycles. The van der Waals surface area contributed by atoms with Crippen molar-refractivity contribution in [3.63, 3.8) is 0 Å². The number of nitrogens with zero attached hydrogens (tertiary/aromatic N) is 2. The van der Waals surface area contributed by atoms with Gasteiger partial charge in [-0.2, -0.15) is 5.06 Å². The van der Waals surface area contributed by atoms with Crippen molar-refractivity contribution in [1.82, 2.24) is 10.0 Å². The van der Waals surface area contributed by atoms with E-state index in [0.29, 0.717) is 24.2 Å². The quantitative estimate of drug-likeness (QED) is 0.755. The molecule has 1 aromatic heterocycles. The summed E-state index contributed by atoms with van der Waals surface area (Å²) in [6, 6.07) is 3.43. The van der Waals surface area contributed by atoms with E-state index in [1.807, 2.05) is 20.8 Å². The fourth-order valence-electron chi connectivity index (χ4n) is 1.93. The van der Waals surface area contributed by atoms with Gasteiger partial charge >= 0.3 is 5.97 Å². The van der Waals surface area contributed by atoms with Gasteiger partial charge in [-0.05, 0) is 31.4 Å². The van der Waals surface area contributed by atoms with Gasteiger partial charge < -0.3 is 4.84 Å². The van der Waals surface area contributed by atoms with Crippen molar-refractivity contribution in [1.29, 1.82) is 0 Å². The molecule has 5 heteroatoms. The maximum absolute atomic E-state index is 12.5. The van der Waals surface area contributed by atoms with Crippen LogP contribution in [0.2, 0.25) is 0 Å². The van der Waals surface area contributed by atoms with Crippen molar-refractivity contribution in [2.75, 3.05) is 6.54 Å². The van der Waals surface area contributed by atoms with E-state index >= 15 is 0 Å². The van der Waals surface area contributed by atoms with Crippen LogP contribution in [0.5, 0.6) is 0 Å². The molecule has 0 aliphatic heterocycles. The number of pyridine rings is 1. The molecular formula is C16H24N2O3. The van der Waals surface area contributed by atoms with Gasteiger partial charge in [0.25, 0.3) is 5.91 Å². The third kappa shape index (κ3) is 4.85. The number of hydroxylamine groups is 2. The predicted octanol–water partition coefficient (Wildman–Crippen LogP) is 3.32. The maximum Gasteiger partial charge on any atom is 0.332 e. The molecule has 0 unspecified atom stereocenters. The predicted molar refractivity (Wildman–Crippen MR) is 80.7 cm³/mol. The van der Waals surface area contributed by atoms with Gasteiger partial charge in [-0.25, -0.2) is 4.79 Å². The van der Waals surface area contributed by atoms with Crippen LogP contribution < -0.4 is 0 Å². The van der Waals surface area contributed by atoms with E-state index in [1.54, 1.807) is 25.3 Å². The van der Waals surface area contributed by atoms with Crippen molar-refractivity contribution in [2.45, 2.75) is 52.9 Å². The SMILES string of the molecule is CCCCC(=O)ON(CC)C(=O)c1cccnc1C(C)C. The van der Waals surface area contributed by atoms with Gasteiger partial charge in [-0.1, -0.05) is 27.2 Å². The van der Waals surface area contributed by atoms with Gasteiger partial charge in [0.1, 0.15) is 0 Å². The zero-order valence-corrected chi connectivity index (χ0v) is 13.3. The average Bonchev–Trinajstić information content (AvgIpc) is 2.49. The highest BCUT2D eigenvalue weighted by molar-refractivity contribution is 5.95. The molecule has 0 saturated carbocycles. The number of unbranched alkanes of at least 4 members (excludes halogenated alkanes) is 1. The molecule has 0 saturated heterocycles. The van der Waals surface area contributed by atoms with E-state index in [-0.39, 0.29) is 17.8 Å². The second kappa shape index (κ2) is 8.39. The summed E-state index contributed by atoms with van der Waals surface area (Å²) in [5, 5.41) is 1.11. The van der Waals surface area contributed by atoms with E-state index in [9.17, 15) is 9.59 Å². The van der Waals surface area contributed by atoms with Crippen molar-refractivity contribution >= 4 is 11.9 Å². The highest BCUT2D eigenvalue weighted by atomic mass is 16.7. The van der Waals surface area contributed by atoms with Gasteiger partial charge in [0, 0.05) is 12.6 Å². The Labute approximate surface area is 126 Å². The van der Waals surface area contributed by atoms with Crippen LogP contribution in [0.3, 0.4) is 0 Å². The Kier molecular flexibility index (Phi) is 6.85. The van der Waals surface area contributed by atoms with E-state index in [0.717, 1.165) is 17.9 Å². The first kappa shape index (κ1) is 17.1. The van der Waals surface area contributed by atoms with Crippen molar-refractivity contribution in [2.24, 2.45) is 0 Å². The van der Waals surface area contributed by atoms with Crippen LogP contribution >= 0.6 is 0 Å². The zero-order chi connectivity index (χ0) is 15.8. The minimum atomic E-state index is -0.373. The molecule has 0 aromatic carbocycles. The summed E-state index contributed by atoms with van der Waals surface area (Å²) in [7, 11) is 0. The van der Waals surface area contributed by atoms with Crippen molar-refractivity contribution in [3.05, 3.63) is 29.6 Å². The van der Waals surface area contributed by atoms with E-state index in [1.165, 1.54) is 0 Å². The van der Waals surface area contributed by atoms with Crippen LogP contribution in [-0.4, -0.2) is 28.5 Å². The molecule has 1 rings (SSSR count). The first-order valence-corrected chi connectivity index (χ1v) is 7.48. The summed E-state index contributed by atoms with van der Waals surface area (Å²) in [5.74, 6) is -0.569. The third-order valence-electron chi connectivity index (χ3n) is 3.08. The zero-order valence-electron chi connectivity index (χ0n) is 13.3. The lowest BCUT2D eigenvalue weighted by atomic mass is 10.0. The minimum Gasteiger partial charge on any atom is -0.338 e. The Morgan fingerprint density at radius 3 is 2.62 bits per heavy atom. The highest BCUT2D eigenvalue weighted by Crippen LogP contribution is 2.18. The van der Waals surface area contributed by atoms with Gasteiger partial charge in [0.05, 0.1) is 17.8 Å². The Morgan fingerprint density at radius 2 is 2.05 bits per heavy atom. The molecule has 0 N–H and O–H groups in total. The first-order chi connectivity index (χ1) is 10.0.